The summed E-state index contributed by atoms with van der Waals surface area (Å²) < 4.78 is 26.1. The summed E-state index contributed by atoms with van der Waals surface area (Å²) in [5.41, 5.74) is 0.660. The fourth-order valence-corrected chi connectivity index (χ4v) is 2.11. The Morgan fingerprint density at radius 1 is 1.05 bits per heavy atom. The molecular formula is C14H9F2N3O2. The van der Waals surface area contributed by atoms with Crippen LogP contribution in [0, 0.1) is 21.7 Å². The second kappa shape index (κ2) is 4.86. The smallest absolute Gasteiger partial charge is 0.319 e. The fraction of sp³-hybridized carbons (Fsp3) is 0. The van der Waals surface area contributed by atoms with Crippen LogP contribution in [0.15, 0.2) is 42.5 Å². The van der Waals surface area contributed by atoms with Crippen molar-refractivity contribution in [1.29, 1.82) is 0 Å². The lowest BCUT2D eigenvalue weighted by atomic mass is 10.2. The van der Waals surface area contributed by atoms with Crippen molar-refractivity contribution in [3.05, 3.63) is 64.2 Å². The number of anilines is 2. The molecular weight excluding hydrogens is 280 g/mol. The molecule has 0 aliphatic heterocycles. The van der Waals surface area contributed by atoms with Crippen LogP contribution in [0.2, 0.25) is 0 Å². The normalized spacial score (nSPS) is 10.8. The highest BCUT2D eigenvalue weighted by Crippen LogP contribution is 2.35. The van der Waals surface area contributed by atoms with E-state index in [4.69, 9.17) is 0 Å². The topological polar surface area (TPSA) is 71.0 Å². The van der Waals surface area contributed by atoms with Crippen LogP contribution in [0.3, 0.4) is 0 Å². The van der Waals surface area contributed by atoms with Gasteiger partial charge in [0, 0.05) is 5.69 Å². The van der Waals surface area contributed by atoms with Gasteiger partial charge in [0.2, 0.25) is 0 Å². The number of H-pyrrole nitrogens is 1. The Morgan fingerprint density at radius 3 is 2.38 bits per heavy atom. The van der Waals surface area contributed by atoms with Crippen molar-refractivity contribution in [3.63, 3.8) is 0 Å². The first-order valence-corrected chi connectivity index (χ1v) is 6.03. The van der Waals surface area contributed by atoms with E-state index >= 15 is 0 Å². The highest BCUT2D eigenvalue weighted by Gasteiger charge is 2.22. The number of hydrogen-bond acceptors (Lipinski definition) is 3. The summed E-state index contributed by atoms with van der Waals surface area (Å²) >= 11 is 0. The highest BCUT2D eigenvalue weighted by molar-refractivity contribution is 5.96. The highest BCUT2D eigenvalue weighted by atomic mass is 19.1. The van der Waals surface area contributed by atoms with Gasteiger partial charge in [-0.2, -0.15) is 0 Å². The van der Waals surface area contributed by atoms with Gasteiger partial charge >= 0.3 is 5.69 Å². The van der Waals surface area contributed by atoms with Crippen LogP contribution in [0.4, 0.5) is 26.0 Å². The summed E-state index contributed by atoms with van der Waals surface area (Å²) in [5.74, 6) is -0.848. The Hall–Kier alpha value is -2.96. The number of fused-ring (bicyclic) bond motifs is 1. The standard InChI is InChI=1S/C14H9F2N3O2/c15-8-1-4-10(5-2-8)17-14-13(19(20)21)11-7-9(16)3-6-12(11)18-14/h1-7,17-18H. The number of hydrogen-bond donors (Lipinski definition) is 2. The Morgan fingerprint density at radius 2 is 1.71 bits per heavy atom. The minimum Gasteiger partial charge on any atom is -0.336 e. The van der Waals surface area contributed by atoms with Crippen molar-refractivity contribution in [2.75, 3.05) is 5.32 Å². The van der Waals surface area contributed by atoms with Gasteiger partial charge < -0.3 is 10.3 Å². The minimum atomic E-state index is -0.593. The van der Waals surface area contributed by atoms with Crippen LogP contribution < -0.4 is 5.32 Å². The number of nitrogens with zero attached hydrogens (tertiary/aromatic N) is 1. The Kier molecular flexibility index (Phi) is 3.02. The molecule has 106 valence electrons. The largest absolute Gasteiger partial charge is 0.336 e. The van der Waals surface area contributed by atoms with Crippen molar-refractivity contribution >= 4 is 28.1 Å². The molecule has 0 fully saturated rings. The zero-order chi connectivity index (χ0) is 15.0. The maximum Gasteiger partial charge on any atom is 0.319 e. The summed E-state index contributed by atoms with van der Waals surface area (Å²) in [7, 11) is 0. The van der Waals surface area contributed by atoms with E-state index in [9.17, 15) is 18.9 Å². The maximum absolute atomic E-state index is 13.3. The quantitative estimate of drug-likeness (QED) is 0.563. The van der Waals surface area contributed by atoms with Crippen LogP contribution in [0.1, 0.15) is 0 Å². The zero-order valence-corrected chi connectivity index (χ0v) is 10.6. The number of nitrogens with one attached hydrogen (secondary N) is 2. The molecule has 0 saturated carbocycles. The fourth-order valence-electron chi connectivity index (χ4n) is 2.11. The molecule has 3 rings (SSSR count). The lowest BCUT2D eigenvalue weighted by Gasteiger charge is -2.03. The average Bonchev–Trinajstić information content (AvgIpc) is 2.78. The molecule has 0 spiro atoms. The van der Waals surface area contributed by atoms with E-state index in [0.29, 0.717) is 11.2 Å². The minimum absolute atomic E-state index is 0.118. The van der Waals surface area contributed by atoms with Crippen LogP contribution in [0.25, 0.3) is 10.9 Å². The molecule has 0 aliphatic carbocycles. The lowest BCUT2D eigenvalue weighted by molar-refractivity contribution is -0.382. The summed E-state index contributed by atoms with van der Waals surface area (Å²) in [6.45, 7) is 0. The number of rotatable bonds is 3. The molecule has 0 saturated heterocycles. The third-order valence-electron chi connectivity index (χ3n) is 3.03. The van der Waals surface area contributed by atoms with Gasteiger partial charge in [0.25, 0.3) is 0 Å². The first kappa shape index (κ1) is 13.0. The SMILES string of the molecule is O=[N+]([O-])c1c(Nc2ccc(F)cc2)[nH]c2ccc(F)cc12. The Bertz CT molecular complexity index is 828. The Labute approximate surface area is 117 Å². The van der Waals surface area contributed by atoms with Crippen molar-refractivity contribution in [1.82, 2.24) is 4.98 Å². The maximum atomic E-state index is 13.3. The van der Waals surface area contributed by atoms with E-state index < -0.39 is 16.6 Å². The molecule has 2 aromatic carbocycles. The summed E-state index contributed by atoms with van der Waals surface area (Å²) in [6.07, 6.45) is 0. The molecule has 1 heterocycles. The van der Waals surface area contributed by atoms with Crippen LogP contribution in [0.5, 0.6) is 0 Å². The van der Waals surface area contributed by atoms with Gasteiger partial charge in [-0.15, -0.1) is 0 Å². The summed E-state index contributed by atoms with van der Waals surface area (Å²) in [6, 6.07) is 9.10. The van der Waals surface area contributed by atoms with Crippen molar-refractivity contribution in [2.24, 2.45) is 0 Å². The Balaban J connectivity index is 2.11. The van der Waals surface area contributed by atoms with Crippen LogP contribution in [-0.4, -0.2) is 9.91 Å². The molecule has 3 aromatic rings. The van der Waals surface area contributed by atoms with Crippen LogP contribution >= 0.6 is 0 Å². The second-order valence-electron chi connectivity index (χ2n) is 4.43. The number of nitro groups is 1. The lowest BCUT2D eigenvalue weighted by Crippen LogP contribution is -1.95. The third kappa shape index (κ3) is 2.40. The van der Waals surface area contributed by atoms with E-state index in [1.54, 1.807) is 0 Å². The van der Waals surface area contributed by atoms with Gasteiger partial charge in [-0.1, -0.05) is 0 Å². The number of aromatic nitrogens is 1. The predicted octanol–water partition coefficient (Wildman–Crippen LogP) is 4.10. The molecule has 0 amide bonds. The van der Waals surface area contributed by atoms with Gasteiger partial charge in [0.1, 0.15) is 11.6 Å². The van der Waals surface area contributed by atoms with Crippen molar-refractivity contribution < 1.29 is 13.7 Å². The summed E-state index contributed by atoms with van der Waals surface area (Å²) in [4.78, 5) is 13.4. The van der Waals surface area contributed by atoms with Crippen LogP contribution in [-0.2, 0) is 0 Å². The molecule has 1 aromatic heterocycles. The number of halogens is 2. The van der Waals surface area contributed by atoms with Gasteiger partial charge in [-0.25, -0.2) is 8.78 Å². The first-order valence-electron chi connectivity index (χ1n) is 6.03. The monoisotopic (exact) mass is 289 g/mol. The molecule has 7 heteroatoms. The molecule has 0 atom stereocenters. The predicted molar refractivity (Wildman–Crippen MR) is 74.6 cm³/mol. The van der Waals surface area contributed by atoms with Gasteiger partial charge in [-0.05, 0) is 42.5 Å². The van der Waals surface area contributed by atoms with Gasteiger partial charge in [0.05, 0.1) is 15.8 Å². The van der Waals surface area contributed by atoms with E-state index in [1.807, 2.05) is 0 Å². The average molecular weight is 289 g/mol. The molecule has 21 heavy (non-hydrogen) atoms. The molecule has 2 N–H and O–H groups in total. The number of benzene rings is 2. The molecule has 5 nitrogen and oxygen atoms in total. The van der Waals surface area contributed by atoms with Gasteiger partial charge in [-0.3, -0.25) is 10.1 Å². The number of aromatic amines is 1. The summed E-state index contributed by atoms with van der Waals surface area (Å²) in [5, 5.41) is 14.2. The van der Waals surface area contributed by atoms with E-state index in [0.717, 1.165) is 6.07 Å². The van der Waals surface area contributed by atoms with E-state index in [2.05, 4.69) is 10.3 Å². The molecule has 0 aliphatic rings. The van der Waals surface area contributed by atoms with Crippen molar-refractivity contribution in [2.45, 2.75) is 0 Å². The third-order valence-corrected chi connectivity index (χ3v) is 3.03. The first-order chi connectivity index (χ1) is 10.0. The van der Waals surface area contributed by atoms with E-state index in [1.165, 1.54) is 36.4 Å². The van der Waals surface area contributed by atoms with Gasteiger partial charge in [0.15, 0.2) is 5.82 Å². The molecule has 0 bridgehead atoms. The van der Waals surface area contributed by atoms with E-state index in [-0.39, 0.29) is 16.9 Å². The van der Waals surface area contributed by atoms with Crippen molar-refractivity contribution in [3.8, 4) is 0 Å². The molecule has 0 unspecified atom stereocenters. The zero-order valence-electron chi connectivity index (χ0n) is 10.6. The second-order valence-corrected chi connectivity index (χ2v) is 4.43. The molecule has 0 radical (unpaired) electrons.